The highest BCUT2D eigenvalue weighted by atomic mass is 32.2. The first-order valence-corrected chi connectivity index (χ1v) is 8.97. The number of nitrogens with one attached hydrogen (secondary N) is 2. The standard InChI is InChI=1S/C17H19N3O4S/c1-11-3-9-15(10-4-11)25(23,24)20-12(2)17(22)19-14-7-5-13(6-8-14)16(18)21/h3-10,12,20H,1-2H3,(H2,18,21)(H,19,22)/t12-/m0/s1. The Kier molecular flexibility index (Phi) is 5.55. The van der Waals surface area contributed by atoms with Gasteiger partial charge in [-0.05, 0) is 50.2 Å². The number of sulfonamides is 1. The van der Waals surface area contributed by atoms with Crippen molar-refractivity contribution in [3.8, 4) is 0 Å². The molecule has 25 heavy (non-hydrogen) atoms. The number of carbonyl (C=O) groups is 2. The molecule has 0 saturated heterocycles. The predicted octanol–water partition coefficient (Wildman–Crippen LogP) is 1.40. The summed E-state index contributed by atoms with van der Waals surface area (Å²) >= 11 is 0. The summed E-state index contributed by atoms with van der Waals surface area (Å²) < 4.78 is 26.9. The van der Waals surface area contributed by atoms with Gasteiger partial charge in [0, 0.05) is 11.3 Å². The van der Waals surface area contributed by atoms with Crippen LogP contribution in [-0.2, 0) is 14.8 Å². The summed E-state index contributed by atoms with van der Waals surface area (Å²) in [5.74, 6) is -1.10. The first-order chi connectivity index (χ1) is 11.7. The van der Waals surface area contributed by atoms with Gasteiger partial charge in [0.25, 0.3) is 0 Å². The maximum absolute atomic E-state index is 12.3. The van der Waals surface area contributed by atoms with Crippen LogP contribution in [0.3, 0.4) is 0 Å². The number of hydrogen-bond acceptors (Lipinski definition) is 4. The number of aryl methyl sites for hydroxylation is 1. The van der Waals surface area contributed by atoms with Crippen molar-refractivity contribution in [1.29, 1.82) is 0 Å². The van der Waals surface area contributed by atoms with Crippen LogP contribution in [0.5, 0.6) is 0 Å². The van der Waals surface area contributed by atoms with E-state index < -0.39 is 27.9 Å². The van der Waals surface area contributed by atoms with E-state index in [0.29, 0.717) is 11.3 Å². The van der Waals surface area contributed by atoms with Crippen LogP contribution in [0, 0.1) is 6.92 Å². The van der Waals surface area contributed by atoms with E-state index in [9.17, 15) is 18.0 Å². The molecule has 0 aliphatic rings. The largest absolute Gasteiger partial charge is 0.366 e. The van der Waals surface area contributed by atoms with Crippen molar-refractivity contribution in [3.05, 3.63) is 59.7 Å². The highest BCUT2D eigenvalue weighted by Gasteiger charge is 2.22. The minimum atomic E-state index is -3.80. The van der Waals surface area contributed by atoms with Crippen LogP contribution in [-0.4, -0.2) is 26.3 Å². The Labute approximate surface area is 146 Å². The normalized spacial score (nSPS) is 12.4. The summed E-state index contributed by atoms with van der Waals surface area (Å²) in [5, 5.41) is 2.57. The van der Waals surface area contributed by atoms with E-state index in [1.807, 2.05) is 6.92 Å². The van der Waals surface area contributed by atoms with Gasteiger partial charge in [-0.2, -0.15) is 4.72 Å². The van der Waals surface area contributed by atoms with Crippen molar-refractivity contribution in [2.45, 2.75) is 24.8 Å². The molecule has 0 spiro atoms. The first kappa shape index (κ1) is 18.6. The zero-order valence-electron chi connectivity index (χ0n) is 13.8. The Morgan fingerprint density at radius 3 is 2.08 bits per heavy atom. The van der Waals surface area contributed by atoms with Gasteiger partial charge in [0.2, 0.25) is 21.8 Å². The SMILES string of the molecule is Cc1ccc(S(=O)(=O)N[C@@H](C)C(=O)Nc2ccc(C(N)=O)cc2)cc1. The number of primary amides is 1. The molecule has 0 aliphatic carbocycles. The summed E-state index contributed by atoms with van der Waals surface area (Å²) in [5.41, 5.74) is 6.82. The highest BCUT2D eigenvalue weighted by Crippen LogP contribution is 2.12. The van der Waals surface area contributed by atoms with Crippen molar-refractivity contribution < 1.29 is 18.0 Å². The monoisotopic (exact) mass is 361 g/mol. The smallest absolute Gasteiger partial charge is 0.248 e. The molecule has 1 atom stereocenters. The molecule has 0 heterocycles. The van der Waals surface area contributed by atoms with Crippen LogP contribution in [0.4, 0.5) is 5.69 Å². The number of carbonyl (C=O) groups excluding carboxylic acids is 2. The summed E-state index contributed by atoms with van der Waals surface area (Å²) in [6.45, 7) is 3.29. The molecule has 7 nitrogen and oxygen atoms in total. The fraction of sp³-hybridized carbons (Fsp3) is 0.176. The maximum Gasteiger partial charge on any atom is 0.248 e. The third-order valence-corrected chi connectivity index (χ3v) is 5.05. The number of nitrogens with two attached hydrogens (primary N) is 1. The third-order valence-electron chi connectivity index (χ3n) is 3.49. The van der Waals surface area contributed by atoms with Gasteiger partial charge in [0.05, 0.1) is 10.9 Å². The van der Waals surface area contributed by atoms with E-state index in [2.05, 4.69) is 10.0 Å². The lowest BCUT2D eigenvalue weighted by molar-refractivity contribution is -0.117. The molecular weight excluding hydrogens is 342 g/mol. The Hall–Kier alpha value is -2.71. The molecule has 0 saturated carbocycles. The zero-order valence-corrected chi connectivity index (χ0v) is 14.6. The number of anilines is 1. The molecule has 4 N–H and O–H groups in total. The Balaban J connectivity index is 2.04. The van der Waals surface area contributed by atoms with E-state index >= 15 is 0 Å². The molecule has 0 aromatic heterocycles. The number of amides is 2. The minimum Gasteiger partial charge on any atom is -0.366 e. The van der Waals surface area contributed by atoms with Crippen LogP contribution < -0.4 is 15.8 Å². The number of rotatable bonds is 6. The summed E-state index contributed by atoms with van der Waals surface area (Å²) in [6.07, 6.45) is 0. The fourth-order valence-electron chi connectivity index (χ4n) is 2.04. The van der Waals surface area contributed by atoms with Crippen LogP contribution in [0.25, 0.3) is 0 Å². The van der Waals surface area contributed by atoms with Gasteiger partial charge in [-0.1, -0.05) is 17.7 Å². The molecule has 0 radical (unpaired) electrons. The molecule has 2 amide bonds. The van der Waals surface area contributed by atoms with Crippen molar-refractivity contribution in [2.75, 3.05) is 5.32 Å². The number of hydrogen-bond donors (Lipinski definition) is 3. The molecule has 2 aromatic rings. The molecule has 2 rings (SSSR count). The van der Waals surface area contributed by atoms with Crippen molar-refractivity contribution >= 4 is 27.5 Å². The van der Waals surface area contributed by atoms with Crippen LogP contribution in [0.1, 0.15) is 22.8 Å². The van der Waals surface area contributed by atoms with Gasteiger partial charge in [-0.15, -0.1) is 0 Å². The second-order valence-corrected chi connectivity index (χ2v) is 7.30. The molecule has 0 bridgehead atoms. The zero-order chi connectivity index (χ0) is 18.6. The van der Waals surface area contributed by atoms with Crippen molar-refractivity contribution in [1.82, 2.24) is 4.72 Å². The Bertz CT molecular complexity index is 875. The molecule has 8 heteroatoms. The lowest BCUT2D eigenvalue weighted by Gasteiger charge is -2.14. The first-order valence-electron chi connectivity index (χ1n) is 7.49. The average molecular weight is 361 g/mol. The molecule has 2 aromatic carbocycles. The summed E-state index contributed by atoms with van der Waals surface area (Å²) in [6, 6.07) is 11.3. The molecular formula is C17H19N3O4S. The van der Waals surface area contributed by atoms with Gasteiger partial charge < -0.3 is 11.1 Å². The van der Waals surface area contributed by atoms with Gasteiger partial charge in [0.15, 0.2) is 0 Å². The number of benzene rings is 2. The second-order valence-electron chi connectivity index (χ2n) is 5.59. The van der Waals surface area contributed by atoms with Gasteiger partial charge in [-0.3, -0.25) is 9.59 Å². The molecule has 0 fully saturated rings. The van der Waals surface area contributed by atoms with Crippen molar-refractivity contribution in [2.24, 2.45) is 5.73 Å². The topological polar surface area (TPSA) is 118 Å². The quantitative estimate of drug-likeness (QED) is 0.720. The molecule has 0 unspecified atom stereocenters. The lowest BCUT2D eigenvalue weighted by atomic mass is 10.2. The molecule has 132 valence electrons. The van der Waals surface area contributed by atoms with Gasteiger partial charge in [-0.25, -0.2) is 8.42 Å². The van der Waals surface area contributed by atoms with Crippen LogP contribution >= 0.6 is 0 Å². The minimum absolute atomic E-state index is 0.0866. The van der Waals surface area contributed by atoms with E-state index in [0.717, 1.165) is 5.56 Å². The van der Waals surface area contributed by atoms with E-state index in [-0.39, 0.29) is 4.90 Å². The van der Waals surface area contributed by atoms with E-state index in [4.69, 9.17) is 5.73 Å². The van der Waals surface area contributed by atoms with Gasteiger partial charge >= 0.3 is 0 Å². The van der Waals surface area contributed by atoms with Crippen LogP contribution in [0.15, 0.2) is 53.4 Å². The lowest BCUT2D eigenvalue weighted by Crippen LogP contribution is -2.41. The van der Waals surface area contributed by atoms with Crippen LogP contribution in [0.2, 0.25) is 0 Å². The Morgan fingerprint density at radius 2 is 1.56 bits per heavy atom. The predicted molar refractivity (Wildman–Crippen MR) is 94.6 cm³/mol. The van der Waals surface area contributed by atoms with Gasteiger partial charge in [0.1, 0.15) is 0 Å². The average Bonchev–Trinajstić information content (AvgIpc) is 2.55. The second kappa shape index (κ2) is 7.45. The fourth-order valence-corrected chi connectivity index (χ4v) is 3.24. The third kappa shape index (κ3) is 4.88. The summed E-state index contributed by atoms with van der Waals surface area (Å²) in [4.78, 5) is 23.3. The summed E-state index contributed by atoms with van der Waals surface area (Å²) in [7, 11) is -3.80. The van der Waals surface area contributed by atoms with E-state index in [1.165, 1.54) is 43.3 Å². The highest BCUT2D eigenvalue weighted by molar-refractivity contribution is 7.89. The van der Waals surface area contributed by atoms with Crippen molar-refractivity contribution in [3.63, 3.8) is 0 Å². The van der Waals surface area contributed by atoms with E-state index in [1.54, 1.807) is 12.1 Å². The molecule has 0 aliphatic heterocycles. The maximum atomic E-state index is 12.3. The Morgan fingerprint density at radius 1 is 1.00 bits per heavy atom.